The highest BCUT2D eigenvalue weighted by molar-refractivity contribution is 5.94. The predicted molar refractivity (Wildman–Crippen MR) is 83.3 cm³/mol. The van der Waals surface area contributed by atoms with Crippen molar-refractivity contribution in [1.82, 2.24) is 15.3 Å². The van der Waals surface area contributed by atoms with Crippen molar-refractivity contribution in [1.29, 1.82) is 0 Å². The Kier molecular flexibility index (Phi) is 3.69. The summed E-state index contributed by atoms with van der Waals surface area (Å²) >= 11 is 0. The lowest BCUT2D eigenvalue weighted by Gasteiger charge is -2.05. The van der Waals surface area contributed by atoms with Gasteiger partial charge < -0.3 is 10.3 Å². The third-order valence-corrected chi connectivity index (χ3v) is 3.49. The average Bonchev–Trinajstić information content (AvgIpc) is 2.91. The maximum absolute atomic E-state index is 12.0. The molecule has 21 heavy (non-hydrogen) atoms. The van der Waals surface area contributed by atoms with Gasteiger partial charge in [0.05, 0.1) is 5.56 Å². The first-order valence-corrected chi connectivity index (χ1v) is 6.99. The van der Waals surface area contributed by atoms with E-state index in [-0.39, 0.29) is 5.91 Å². The number of amides is 1. The van der Waals surface area contributed by atoms with Gasteiger partial charge in [0.1, 0.15) is 0 Å². The number of aromatic nitrogens is 2. The molecule has 0 unspecified atom stereocenters. The topological polar surface area (TPSA) is 57.8 Å². The lowest BCUT2D eigenvalue weighted by Crippen LogP contribution is -2.25. The summed E-state index contributed by atoms with van der Waals surface area (Å²) < 4.78 is 0. The number of aryl methyl sites for hydroxylation is 1. The minimum Gasteiger partial charge on any atom is -0.361 e. The molecule has 0 radical (unpaired) electrons. The van der Waals surface area contributed by atoms with E-state index in [4.69, 9.17) is 0 Å². The maximum Gasteiger partial charge on any atom is 0.252 e. The Morgan fingerprint density at radius 2 is 2.14 bits per heavy atom. The summed E-state index contributed by atoms with van der Waals surface area (Å²) in [4.78, 5) is 19.3. The molecule has 1 amide bonds. The fraction of sp³-hybridized carbons (Fsp3) is 0.176. The van der Waals surface area contributed by atoms with Crippen molar-refractivity contribution >= 4 is 16.8 Å². The van der Waals surface area contributed by atoms with Crippen LogP contribution in [0.1, 0.15) is 21.5 Å². The summed E-state index contributed by atoms with van der Waals surface area (Å²) in [5.41, 5.74) is 3.93. The highest BCUT2D eigenvalue weighted by atomic mass is 16.1. The number of carbonyl (C=O) groups excluding carboxylic acids is 1. The molecular formula is C17H17N3O. The molecule has 1 aromatic carbocycles. The van der Waals surface area contributed by atoms with Crippen LogP contribution < -0.4 is 5.32 Å². The summed E-state index contributed by atoms with van der Waals surface area (Å²) in [7, 11) is 0. The van der Waals surface area contributed by atoms with Crippen molar-refractivity contribution in [2.45, 2.75) is 13.3 Å². The minimum absolute atomic E-state index is 0.0777. The van der Waals surface area contributed by atoms with E-state index < -0.39 is 0 Å². The quantitative estimate of drug-likeness (QED) is 0.771. The molecule has 0 fully saturated rings. The van der Waals surface area contributed by atoms with Gasteiger partial charge in [0, 0.05) is 36.0 Å². The lowest BCUT2D eigenvalue weighted by atomic mass is 10.1. The largest absolute Gasteiger partial charge is 0.361 e. The molecule has 0 saturated carbocycles. The van der Waals surface area contributed by atoms with Crippen LogP contribution in [0.25, 0.3) is 10.9 Å². The van der Waals surface area contributed by atoms with Crippen molar-refractivity contribution in [3.8, 4) is 0 Å². The number of nitrogens with one attached hydrogen (secondary N) is 2. The Morgan fingerprint density at radius 1 is 1.29 bits per heavy atom. The second-order valence-electron chi connectivity index (χ2n) is 5.12. The molecule has 0 aliphatic heterocycles. The summed E-state index contributed by atoms with van der Waals surface area (Å²) in [5, 5.41) is 4.15. The third-order valence-electron chi connectivity index (χ3n) is 3.49. The number of nitrogens with zero attached hydrogens (tertiary/aromatic N) is 1. The van der Waals surface area contributed by atoms with Gasteiger partial charge in [0.15, 0.2) is 0 Å². The zero-order chi connectivity index (χ0) is 14.7. The number of hydrogen-bond donors (Lipinski definition) is 2. The van der Waals surface area contributed by atoms with Gasteiger partial charge in [-0.2, -0.15) is 0 Å². The van der Waals surface area contributed by atoms with Crippen LogP contribution in [0.5, 0.6) is 0 Å². The smallest absolute Gasteiger partial charge is 0.252 e. The molecule has 2 aromatic heterocycles. The number of aromatic amines is 1. The van der Waals surface area contributed by atoms with Gasteiger partial charge in [-0.25, -0.2) is 0 Å². The monoisotopic (exact) mass is 279 g/mol. The highest BCUT2D eigenvalue weighted by Crippen LogP contribution is 2.17. The van der Waals surface area contributed by atoms with E-state index in [1.54, 1.807) is 12.4 Å². The van der Waals surface area contributed by atoms with E-state index >= 15 is 0 Å². The number of carbonyl (C=O) groups is 1. The van der Waals surface area contributed by atoms with Gasteiger partial charge in [0.2, 0.25) is 0 Å². The molecule has 3 aromatic rings. The van der Waals surface area contributed by atoms with Gasteiger partial charge in [-0.15, -0.1) is 0 Å². The van der Waals surface area contributed by atoms with Crippen LogP contribution in [-0.4, -0.2) is 22.4 Å². The Hall–Kier alpha value is -2.62. The van der Waals surface area contributed by atoms with E-state index in [0.717, 1.165) is 17.5 Å². The van der Waals surface area contributed by atoms with Crippen molar-refractivity contribution in [3.05, 3.63) is 65.6 Å². The molecule has 4 nitrogen and oxygen atoms in total. The normalized spacial score (nSPS) is 10.7. The van der Waals surface area contributed by atoms with Crippen molar-refractivity contribution in [3.63, 3.8) is 0 Å². The molecular weight excluding hydrogens is 262 g/mol. The van der Waals surface area contributed by atoms with Gasteiger partial charge in [-0.3, -0.25) is 9.78 Å². The number of benzene rings is 1. The molecule has 2 heterocycles. The van der Waals surface area contributed by atoms with E-state index in [1.807, 2.05) is 31.3 Å². The molecule has 0 saturated heterocycles. The molecule has 0 aliphatic carbocycles. The van der Waals surface area contributed by atoms with E-state index in [1.165, 1.54) is 10.9 Å². The van der Waals surface area contributed by atoms with Crippen LogP contribution in [0, 0.1) is 6.92 Å². The standard InChI is InChI=1S/C17H17N3O/c1-12-8-14(10-18-9-12)17(21)19-7-6-13-11-20-16-5-3-2-4-15(13)16/h2-5,8-11,20H,6-7H2,1H3,(H,19,21). The fourth-order valence-corrected chi connectivity index (χ4v) is 2.43. The fourth-order valence-electron chi connectivity index (χ4n) is 2.43. The van der Waals surface area contributed by atoms with Gasteiger partial charge in [-0.05, 0) is 36.6 Å². The van der Waals surface area contributed by atoms with Crippen LogP contribution in [0.3, 0.4) is 0 Å². The zero-order valence-corrected chi connectivity index (χ0v) is 11.9. The number of hydrogen-bond acceptors (Lipinski definition) is 2. The molecule has 2 N–H and O–H groups in total. The average molecular weight is 279 g/mol. The molecule has 4 heteroatoms. The number of para-hydroxylation sites is 1. The van der Waals surface area contributed by atoms with E-state index in [0.29, 0.717) is 12.1 Å². The summed E-state index contributed by atoms with van der Waals surface area (Å²) in [6.07, 6.45) is 6.14. The van der Waals surface area contributed by atoms with E-state index in [9.17, 15) is 4.79 Å². The SMILES string of the molecule is Cc1cncc(C(=O)NCCc2c[nH]c3ccccc23)c1. The summed E-state index contributed by atoms with van der Waals surface area (Å²) in [5.74, 6) is -0.0777. The summed E-state index contributed by atoms with van der Waals surface area (Å²) in [6, 6.07) is 10.0. The molecule has 0 spiro atoms. The highest BCUT2D eigenvalue weighted by Gasteiger charge is 2.07. The van der Waals surface area contributed by atoms with Crippen LogP contribution in [-0.2, 0) is 6.42 Å². The number of pyridine rings is 1. The number of fused-ring (bicyclic) bond motifs is 1. The van der Waals surface area contributed by atoms with Crippen LogP contribution in [0.4, 0.5) is 0 Å². The molecule has 106 valence electrons. The van der Waals surface area contributed by atoms with Gasteiger partial charge in [-0.1, -0.05) is 18.2 Å². The lowest BCUT2D eigenvalue weighted by molar-refractivity contribution is 0.0953. The van der Waals surface area contributed by atoms with Gasteiger partial charge >= 0.3 is 0 Å². The Labute approximate surface area is 123 Å². The van der Waals surface area contributed by atoms with Crippen LogP contribution >= 0.6 is 0 Å². The van der Waals surface area contributed by atoms with Crippen LogP contribution in [0.15, 0.2) is 48.9 Å². The van der Waals surface area contributed by atoms with Crippen molar-refractivity contribution < 1.29 is 4.79 Å². The van der Waals surface area contributed by atoms with E-state index in [2.05, 4.69) is 27.4 Å². The first kappa shape index (κ1) is 13.4. The number of rotatable bonds is 4. The molecule has 0 atom stereocenters. The van der Waals surface area contributed by atoms with Crippen molar-refractivity contribution in [2.24, 2.45) is 0 Å². The second kappa shape index (κ2) is 5.79. The third kappa shape index (κ3) is 2.94. The Bertz CT molecular complexity index is 776. The zero-order valence-electron chi connectivity index (χ0n) is 11.9. The molecule has 3 rings (SSSR count). The number of H-pyrrole nitrogens is 1. The minimum atomic E-state index is -0.0777. The van der Waals surface area contributed by atoms with Crippen molar-refractivity contribution in [2.75, 3.05) is 6.54 Å². The first-order valence-electron chi connectivity index (χ1n) is 6.99. The van der Waals surface area contributed by atoms with Gasteiger partial charge in [0.25, 0.3) is 5.91 Å². The summed E-state index contributed by atoms with van der Waals surface area (Å²) in [6.45, 7) is 2.53. The predicted octanol–water partition coefficient (Wildman–Crippen LogP) is 2.84. The molecule has 0 bridgehead atoms. The Morgan fingerprint density at radius 3 is 3.00 bits per heavy atom. The van der Waals surface area contributed by atoms with Crippen LogP contribution in [0.2, 0.25) is 0 Å². The molecule has 0 aliphatic rings. The second-order valence-corrected chi connectivity index (χ2v) is 5.12. The Balaban J connectivity index is 1.62. The first-order chi connectivity index (χ1) is 10.2. The maximum atomic E-state index is 12.0.